The number of nitrogens with one attached hydrogen (secondary N) is 1. The molecule has 1 aromatic heterocycles. The SMILES string of the molecule is CCOc1nc(NC(C)c2ccc(Cl)cc2Cl)ccc1N. The molecule has 0 aliphatic rings. The summed E-state index contributed by atoms with van der Waals surface area (Å²) >= 11 is 12.1. The number of hydrogen-bond acceptors (Lipinski definition) is 4. The van der Waals surface area contributed by atoms with Gasteiger partial charge in [0.2, 0.25) is 5.88 Å². The van der Waals surface area contributed by atoms with Gasteiger partial charge >= 0.3 is 0 Å². The lowest BCUT2D eigenvalue weighted by Gasteiger charge is -2.17. The quantitative estimate of drug-likeness (QED) is 0.847. The van der Waals surface area contributed by atoms with Gasteiger partial charge in [-0.2, -0.15) is 4.98 Å². The van der Waals surface area contributed by atoms with Gasteiger partial charge in [0.05, 0.1) is 18.3 Å². The summed E-state index contributed by atoms with van der Waals surface area (Å²) in [6.45, 7) is 4.39. The Morgan fingerprint density at radius 3 is 2.71 bits per heavy atom. The van der Waals surface area contributed by atoms with Crippen LogP contribution in [-0.4, -0.2) is 11.6 Å². The lowest BCUT2D eigenvalue weighted by atomic mass is 10.1. The van der Waals surface area contributed by atoms with Crippen molar-refractivity contribution in [2.45, 2.75) is 19.9 Å². The fourth-order valence-electron chi connectivity index (χ4n) is 1.94. The molecule has 2 aromatic rings. The number of nitrogens with two attached hydrogens (primary N) is 1. The maximum Gasteiger partial charge on any atom is 0.239 e. The third-order valence-electron chi connectivity index (χ3n) is 2.96. The van der Waals surface area contributed by atoms with Crippen molar-refractivity contribution in [1.29, 1.82) is 0 Å². The average molecular weight is 326 g/mol. The number of rotatable bonds is 5. The average Bonchev–Trinajstić information content (AvgIpc) is 2.42. The van der Waals surface area contributed by atoms with Crippen molar-refractivity contribution in [3.8, 4) is 5.88 Å². The number of anilines is 2. The van der Waals surface area contributed by atoms with Crippen LogP contribution in [0.15, 0.2) is 30.3 Å². The molecule has 1 aromatic carbocycles. The van der Waals surface area contributed by atoms with Crippen molar-refractivity contribution in [1.82, 2.24) is 4.98 Å². The highest BCUT2D eigenvalue weighted by Crippen LogP contribution is 2.29. The first-order chi connectivity index (χ1) is 10.0. The molecule has 0 fully saturated rings. The minimum atomic E-state index is -0.0274. The van der Waals surface area contributed by atoms with Crippen LogP contribution in [0.1, 0.15) is 25.5 Å². The summed E-state index contributed by atoms with van der Waals surface area (Å²) in [6.07, 6.45) is 0. The van der Waals surface area contributed by atoms with E-state index in [0.717, 1.165) is 5.56 Å². The molecule has 3 N–H and O–H groups in total. The zero-order valence-corrected chi connectivity index (χ0v) is 13.4. The Kier molecular flexibility index (Phi) is 5.15. The second-order valence-electron chi connectivity index (χ2n) is 4.56. The second-order valence-corrected chi connectivity index (χ2v) is 5.40. The van der Waals surface area contributed by atoms with Gasteiger partial charge in [-0.05, 0) is 43.7 Å². The number of halogens is 2. The van der Waals surface area contributed by atoms with Gasteiger partial charge in [-0.1, -0.05) is 29.3 Å². The van der Waals surface area contributed by atoms with Crippen LogP contribution in [0, 0.1) is 0 Å². The fraction of sp³-hybridized carbons (Fsp3) is 0.267. The van der Waals surface area contributed by atoms with Crippen LogP contribution in [0.5, 0.6) is 5.88 Å². The first-order valence-corrected chi connectivity index (χ1v) is 7.37. The van der Waals surface area contributed by atoms with E-state index in [1.807, 2.05) is 26.0 Å². The van der Waals surface area contributed by atoms with Crippen molar-refractivity contribution < 1.29 is 4.74 Å². The highest BCUT2D eigenvalue weighted by atomic mass is 35.5. The van der Waals surface area contributed by atoms with Gasteiger partial charge in [0, 0.05) is 10.0 Å². The molecular formula is C15H17Cl2N3O. The molecule has 0 saturated heterocycles. The number of pyridine rings is 1. The van der Waals surface area contributed by atoms with Crippen LogP contribution in [0.2, 0.25) is 10.0 Å². The van der Waals surface area contributed by atoms with E-state index in [-0.39, 0.29) is 6.04 Å². The van der Waals surface area contributed by atoms with Gasteiger partial charge in [-0.25, -0.2) is 0 Å². The van der Waals surface area contributed by atoms with E-state index in [2.05, 4.69) is 10.3 Å². The normalized spacial score (nSPS) is 12.0. The fourth-order valence-corrected chi connectivity index (χ4v) is 2.51. The largest absolute Gasteiger partial charge is 0.476 e. The Morgan fingerprint density at radius 2 is 2.05 bits per heavy atom. The van der Waals surface area contributed by atoms with Gasteiger partial charge in [0.25, 0.3) is 0 Å². The highest BCUT2D eigenvalue weighted by Gasteiger charge is 2.12. The van der Waals surface area contributed by atoms with E-state index in [4.69, 9.17) is 33.7 Å². The topological polar surface area (TPSA) is 60.2 Å². The van der Waals surface area contributed by atoms with Crippen LogP contribution >= 0.6 is 23.2 Å². The summed E-state index contributed by atoms with van der Waals surface area (Å²) in [5.41, 5.74) is 7.26. The summed E-state index contributed by atoms with van der Waals surface area (Å²) in [5.74, 6) is 1.10. The third kappa shape index (κ3) is 3.93. The van der Waals surface area contributed by atoms with Crippen molar-refractivity contribution in [3.05, 3.63) is 45.9 Å². The van der Waals surface area contributed by atoms with E-state index in [1.54, 1.807) is 18.2 Å². The Hall–Kier alpha value is -1.65. The molecular weight excluding hydrogens is 309 g/mol. The Bertz CT molecular complexity index is 634. The smallest absolute Gasteiger partial charge is 0.239 e. The molecule has 6 heteroatoms. The first-order valence-electron chi connectivity index (χ1n) is 6.62. The molecule has 0 radical (unpaired) electrons. The predicted molar refractivity (Wildman–Crippen MR) is 88.3 cm³/mol. The molecule has 1 heterocycles. The van der Waals surface area contributed by atoms with Crippen LogP contribution < -0.4 is 15.8 Å². The predicted octanol–water partition coefficient (Wildman–Crippen LogP) is 4.54. The third-order valence-corrected chi connectivity index (χ3v) is 3.53. The van der Waals surface area contributed by atoms with E-state index >= 15 is 0 Å². The van der Waals surface area contributed by atoms with Crippen LogP contribution in [-0.2, 0) is 0 Å². The summed E-state index contributed by atoms with van der Waals surface area (Å²) < 4.78 is 5.38. The molecule has 1 atom stereocenters. The zero-order valence-electron chi connectivity index (χ0n) is 11.9. The van der Waals surface area contributed by atoms with Crippen LogP contribution in [0.3, 0.4) is 0 Å². The Morgan fingerprint density at radius 1 is 1.29 bits per heavy atom. The van der Waals surface area contributed by atoms with E-state index in [9.17, 15) is 0 Å². The molecule has 112 valence electrons. The van der Waals surface area contributed by atoms with Gasteiger partial charge in [-0.15, -0.1) is 0 Å². The molecule has 2 rings (SSSR count). The Labute approximate surface area is 134 Å². The number of benzene rings is 1. The van der Waals surface area contributed by atoms with E-state index < -0.39 is 0 Å². The summed E-state index contributed by atoms with van der Waals surface area (Å²) in [4.78, 5) is 4.35. The number of nitrogen functional groups attached to an aromatic ring is 1. The second kappa shape index (κ2) is 6.87. The minimum absolute atomic E-state index is 0.0274. The van der Waals surface area contributed by atoms with Crippen molar-refractivity contribution in [2.24, 2.45) is 0 Å². The van der Waals surface area contributed by atoms with Gasteiger partial charge in [0.1, 0.15) is 5.82 Å². The van der Waals surface area contributed by atoms with Gasteiger partial charge < -0.3 is 15.8 Å². The van der Waals surface area contributed by atoms with Crippen molar-refractivity contribution in [3.63, 3.8) is 0 Å². The summed E-state index contributed by atoms with van der Waals surface area (Å²) in [7, 11) is 0. The van der Waals surface area contributed by atoms with Gasteiger partial charge in [-0.3, -0.25) is 0 Å². The molecule has 21 heavy (non-hydrogen) atoms. The van der Waals surface area contributed by atoms with E-state index in [1.165, 1.54) is 0 Å². The standard InChI is InChI=1S/C15H17Cl2N3O/c1-3-21-15-13(18)6-7-14(20-15)19-9(2)11-5-4-10(16)8-12(11)17/h4-9H,3,18H2,1-2H3,(H,19,20). The molecule has 0 aliphatic heterocycles. The molecule has 4 nitrogen and oxygen atoms in total. The van der Waals surface area contributed by atoms with Crippen LogP contribution in [0.4, 0.5) is 11.5 Å². The monoisotopic (exact) mass is 325 g/mol. The van der Waals surface area contributed by atoms with E-state index in [0.29, 0.717) is 34.0 Å². The maximum absolute atomic E-state index is 6.21. The number of aromatic nitrogens is 1. The lowest BCUT2D eigenvalue weighted by molar-refractivity contribution is 0.329. The molecule has 0 bridgehead atoms. The summed E-state index contributed by atoms with van der Waals surface area (Å²) in [5, 5.41) is 4.50. The molecule has 0 saturated carbocycles. The van der Waals surface area contributed by atoms with Crippen molar-refractivity contribution >= 4 is 34.7 Å². The number of nitrogens with zero attached hydrogens (tertiary/aromatic N) is 1. The number of ether oxygens (including phenoxy) is 1. The highest BCUT2D eigenvalue weighted by molar-refractivity contribution is 6.35. The number of hydrogen-bond donors (Lipinski definition) is 2. The Balaban J connectivity index is 2.19. The zero-order chi connectivity index (χ0) is 15.4. The minimum Gasteiger partial charge on any atom is -0.476 e. The van der Waals surface area contributed by atoms with Crippen LogP contribution in [0.25, 0.3) is 0 Å². The lowest BCUT2D eigenvalue weighted by Crippen LogP contribution is -2.09. The molecule has 0 aliphatic carbocycles. The van der Waals surface area contributed by atoms with Gasteiger partial charge in [0.15, 0.2) is 0 Å². The summed E-state index contributed by atoms with van der Waals surface area (Å²) in [6, 6.07) is 8.96. The molecule has 0 amide bonds. The maximum atomic E-state index is 6.21. The molecule has 1 unspecified atom stereocenters. The first kappa shape index (κ1) is 15.7. The van der Waals surface area contributed by atoms with Crippen molar-refractivity contribution in [2.75, 3.05) is 17.7 Å². The molecule has 0 spiro atoms.